The summed E-state index contributed by atoms with van der Waals surface area (Å²) in [7, 11) is 1.69. The quantitative estimate of drug-likeness (QED) is 0.792. The number of hydrogen-bond donors (Lipinski definition) is 1. The van der Waals surface area contributed by atoms with Crippen LogP contribution < -0.4 is 15.0 Å². The van der Waals surface area contributed by atoms with Crippen LogP contribution >= 0.6 is 11.3 Å². The second-order valence-corrected chi connectivity index (χ2v) is 9.09. The molecule has 8 heteroatoms. The molecule has 0 atom stereocenters. The van der Waals surface area contributed by atoms with Crippen LogP contribution in [-0.4, -0.2) is 73.2 Å². The zero-order chi connectivity index (χ0) is 20.9. The lowest BCUT2D eigenvalue weighted by Crippen LogP contribution is -2.54. The first-order valence-electron chi connectivity index (χ1n) is 10.7. The first-order chi connectivity index (χ1) is 14.6. The van der Waals surface area contributed by atoms with Crippen LogP contribution in [0.25, 0.3) is 0 Å². The van der Waals surface area contributed by atoms with Crippen molar-refractivity contribution in [2.45, 2.75) is 32.4 Å². The van der Waals surface area contributed by atoms with Gasteiger partial charge in [-0.1, -0.05) is 0 Å². The molecule has 0 saturated carbocycles. The fraction of sp³-hybridized carbons (Fsp3) is 0.545. The summed E-state index contributed by atoms with van der Waals surface area (Å²) in [6.45, 7) is 8.19. The largest absolute Gasteiger partial charge is 0.497 e. The van der Waals surface area contributed by atoms with Gasteiger partial charge in [-0.25, -0.2) is 9.78 Å². The van der Waals surface area contributed by atoms with Crippen LogP contribution in [0.3, 0.4) is 0 Å². The smallest absolute Gasteiger partial charge is 0.317 e. The van der Waals surface area contributed by atoms with Gasteiger partial charge in [0.1, 0.15) is 5.75 Å². The molecule has 0 spiro atoms. The van der Waals surface area contributed by atoms with E-state index in [0.29, 0.717) is 0 Å². The third-order valence-corrected chi connectivity index (χ3v) is 6.79. The van der Waals surface area contributed by atoms with E-state index in [2.05, 4.69) is 37.6 Å². The number of piperidine rings is 1. The number of thiazole rings is 1. The van der Waals surface area contributed by atoms with Crippen molar-refractivity contribution in [3.8, 4) is 5.75 Å². The number of benzene rings is 1. The number of carbonyl (C=O) groups excluding carboxylic acids is 1. The third kappa shape index (κ3) is 5.23. The summed E-state index contributed by atoms with van der Waals surface area (Å²) < 4.78 is 5.24. The first kappa shape index (κ1) is 20.9. The van der Waals surface area contributed by atoms with Crippen molar-refractivity contribution in [3.05, 3.63) is 40.3 Å². The average molecular weight is 430 g/mol. The van der Waals surface area contributed by atoms with Crippen LogP contribution in [0, 0.1) is 6.92 Å². The number of aryl methyl sites for hydroxylation is 1. The zero-order valence-electron chi connectivity index (χ0n) is 17.8. The van der Waals surface area contributed by atoms with E-state index in [1.54, 1.807) is 18.4 Å². The fourth-order valence-electron chi connectivity index (χ4n) is 4.16. The van der Waals surface area contributed by atoms with Gasteiger partial charge in [0.05, 0.1) is 17.8 Å². The molecule has 4 rings (SSSR count). The lowest BCUT2D eigenvalue weighted by Gasteiger charge is -2.37. The number of aromatic nitrogens is 1. The van der Waals surface area contributed by atoms with E-state index < -0.39 is 0 Å². The number of anilines is 1. The highest BCUT2D eigenvalue weighted by Gasteiger charge is 2.25. The number of rotatable bonds is 5. The van der Waals surface area contributed by atoms with Gasteiger partial charge in [0, 0.05) is 62.9 Å². The lowest BCUT2D eigenvalue weighted by molar-refractivity contribution is 0.131. The number of ether oxygens (including phenoxy) is 1. The second kappa shape index (κ2) is 9.66. The summed E-state index contributed by atoms with van der Waals surface area (Å²) in [5.74, 6) is 0.877. The molecule has 30 heavy (non-hydrogen) atoms. The van der Waals surface area contributed by atoms with E-state index in [1.165, 1.54) is 5.69 Å². The van der Waals surface area contributed by atoms with Gasteiger partial charge in [-0.2, -0.15) is 0 Å². The predicted molar refractivity (Wildman–Crippen MR) is 120 cm³/mol. The van der Waals surface area contributed by atoms with Gasteiger partial charge in [0.2, 0.25) is 0 Å². The minimum absolute atomic E-state index is 0.0852. The monoisotopic (exact) mass is 429 g/mol. The number of hydrogen-bond acceptors (Lipinski definition) is 6. The van der Waals surface area contributed by atoms with Crippen LogP contribution in [0.4, 0.5) is 10.5 Å². The van der Waals surface area contributed by atoms with E-state index in [9.17, 15) is 4.79 Å². The molecule has 1 aromatic carbocycles. The molecule has 2 fully saturated rings. The Morgan fingerprint density at radius 2 is 1.83 bits per heavy atom. The van der Waals surface area contributed by atoms with Gasteiger partial charge < -0.3 is 19.9 Å². The van der Waals surface area contributed by atoms with Crippen LogP contribution in [0.1, 0.15) is 23.5 Å². The number of nitrogens with one attached hydrogen (secondary N) is 1. The molecule has 2 amide bonds. The SMILES string of the molecule is COc1ccc(N2CCC(NC(=O)N3CCN(Cc4csc(C)n4)CC3)CC2)cc1. The average Bonchev–Trinajstić information content (AvgIpc) is 3.19. The van der Waals surface area contributed by atoms with Gasteiger partial charge >= 0.3 is 6.03 Å². The number of methoxy groups -OCH3 is 1. The molecule has 0 radical (unpaired) electrons. The van der Waals surface area contributed by atoms with Crippen LogP contribution in [0.15, 0.2) is 29.6 Å². The number of carbonyl (C=O) groups is 1. The van der Waals surface area contributed by atoms with Crippen LogP contribution in [0.5, 0.6) is 5.75 Å². The molecule has 162 valence electrons. The standard InChI is InChI=1S/C22H31N5O2S/c1-17-23-19(16-30-17)15-25-11-13-27(14-12-25)22(28)24-18-7-9-26(10-8-18)20-3-5-21(29-2)6-4-20/h3-6,16,18H,7-15H2,1-2H3,(H,24,28). The van der Waals surface area contributed by atoms with Crippen LogP contribution in [-0.2, 0) is 6.54 Å². The minimum Gasteiger partial charge on any atom is -0.497 e. The minimum atomic E-state index is 0.0852. The van der Waals surface area contributed by atoms with E-state index in [0.717, 1.165) is 75.1 Å². The third-order valence-electron chi connectivity index (χ3n) is 5.97. The topological polar surface area (TPSA) is 60.9 Å². The molecule has 1 aromatic heterocycles. The Hall–Kier alpha value is -2.32. The van der Waals surface area contributed by atoms with Crippen molar-refractivity contribution >= 4 is 23.1 Å². The zero-order valence-corrected chi connectivity index (χ0v) is 18.7. The highest BCUT2D eigenvalue weighted by Crippen LogP contribution is 2.23. The summed E-state index contributed by atoms with van der Waals surface area (Å²) in [4.78, 5) is 24.0. The Morgan fingerprint density at radius 1 is 1.13 bits per heavy atom. The van der Waals surface area contributed by atoms with Crippen molar-refractivity contribution in [2.75, 3.05) is 51.3 Å². The summed E-state index contributed by atoms with van der Waals surface area (Å²) >= 11 is 1.70. The maximum absolute atomic E-state index is 12.7. The van der Waals surface area contributed by atoms with Crippen molar-refractivity contribution < 1.29 is 9.53 Å². The Labute approximate surface area is 182 Å². The van der Waals surface area contributed by atoms with E-state index >= 15 is 0 Å². The van der Waals surface area contributed by atoms with Gasteiger partial charge in [-0.05, 0) is 44.0 Å². The van der Waals surface area contributed by atoms with Crippen molar-refractivity contribution in [1.29, 1.82) is 0 Å². The molecule has 0 aliphatic carbocycles. The highest BCUT2D eigenvalue weighted by atomic mass is 32.1. The molecule has 2 aliphatic heterocycles. The fourth-order valence-corrected chi connectivity index (χ4v) is 4.76. The van der Waals surface area contributed by atoms with E-state index in [1.807, 2.05) is 24.0 Å². The van der Waals surface area contributed by atoms with Crippen molar-refractivity contribution in [2.24, 2.45) is 0 Å². The number of amides is 2. The number of urea groups is 1. The molecule has 2 aromatic rings. The number of piperazine rings is 1. The maximum atomic E-state index is 12.7. The molecule has 7 nitrogen and oxygen atoms in total. The molecule has 2 aliphatic rings. The maximum Gasteiger partial charge on any atom is 0.317 e. The van der Waals surface area contributed by atoms with Gasteiger partial charge in [-0.3, -0.25) is 4.90 Å². The molecule has 0 unspecified atom stereocenters. The molecule has 1 N–H and O–H groups in total. The Kier molecular flexibility index (Phi) is 6.74. The summed E-state index contributed by atoms with van der Waals surface area (Å²) in [5.41, 5.74) is 2.35. The Morgan fingerprint density at radius 3 is 2.43 bits per heavy atom. The van der Waals surface area contributed by atoms with Gasteiger partial charge in [0.15, 0.2) is 0 Å². The normalized spacial score (nSPS) is 18.5. The van der Waals surface area contributed by atoms with E-state index in [-0.39, 0.29) is 12.1 Å². The highest BCUT2D eigenvalue weighted by molar-refractivity contribution is 7.09. The molecule has 0 bridgehead atoms. The molecular weight excluding hydrogens is 398 g/mol. The first-order valence-corrected chi connectivity index (χ1v) is 11.6. The molecule has 3 heterocycles. The van der Waals surface area contributed by atoms with E-state index in [4.69, 9.17) is 4.74 Å². The summed E-state index contributed by atoms with van der Waals surface area (Å²) in [5, 5.41) is 6.50. The summed E-state index contributed by atoms with van der Waals surface area (Å²) in [6.07, 6.45) is 1.95. The second-order valence-electron chi connectivity index (χ2n) is 8.03. The lowest BCUT2D eigenvalue weighted by atomic mass is 10.0. The Bertz CT molecular complexity index is 824. The number of nitrogens with zero attached hydrogens (tertiary/aromatic N) is 4. The molecule has 2 saturated heterocycles. The van der Waals surface area contributed by atoms with Gasteiger partial charge in [0.25, 0.3) is 0 Å². The van der Waals surface area contributed by atoms with Gasteiger partial charge in [-0.15, -0.1) is 11.3 Å². The van der Waals surface area contributed by atoms with Crippen molar-refractivity contribution in [3.63, 3.8) is 0 Å². The van der Waals surface area contributed by atoms with Crippen molar-refractivity contribution in [1.82, 2.24) is 20.1 Å². The van der Waals surface area contributed by atoms with Crippen LogP contribution in [0.2, 0.25) is 0 Å². The Balaban J connectivity index is 1.19. The summed E-state index contributed by atoms with van der Waals surface area (Å²) in [6, 6.07) is 8.54. The predicted octanol–water partition coefficient (Wildman–Crippen LogP) is 2.96. The molecular formula is C22H31N5O2S.